The highest BCUT2D eigenvalue weighted by Gasteiger charge is 2.05. The number of aryl methyl sites for hydroxylation is 2. The smallest absolute Gasteiger partial charge is 0.302 e. The lowest BCUT2D eigenvalue weighted by atomic mass is 10.3. The van der Waals surface area contributed by atoms with Crippen molar-refractivity contribution < 1.29 is 0 Å². The molecule has 2 rings (SSSR count). The molecule has 0 aliphatic rings. The second-order valence-electron chi connectivity index (χ2n) is 3.33. The molecule has 0 amide bonds. The molecule has 0 fully saturated rings. The highest BCUT2D eigenvalue weighted by Crippen LogP contribution is 2.06. The van der Waals surface area contributed by atoms with E-state index in [4.69, 9.17) is 0 Å². The Kier molecular flexibility index (Phi) is 2.00. The van der Waals surface area contributed by atoms with Gasteiger partial charge in [0.05, 0.1) is 5.69 Å². The van der Waals surface area contributed by atoms with Crippen LogP contribution in [0.25, 0.3) is 5.69 Å². The van der Waals surface area contributed by atoms with Gasteiger partial charge in [0.15, 0.2) is 0 Å². The Hall–Kier alpha value is -1.77. The highest BCUT2D eigenvalue weighted by atomic mass is 16.1. The summed E-state index contributed by atoms with van der Waals surface area (Å²) in [6.45, 7) is 1.92. The summed E-state index contributed by atoms with van der Waals surface area (Å²) in [5.41, 5.74) is 1.85. The van der Waals surface area contributed by atoms with Crippen LogP contribution in [0, 0.1) is 6.92 Å². The third-order valence-electron chi connectivity index (χ3n) is 2.24. The molecule has 2 aromatic rings. The second-order valence-corrected chi connectivity index (χ2v) is 3.33. The fourth-order valence-electron chi connectivity index (χ4n) is 1.59. The van der Waals surface area contributed by atoms with Crippen molar-refractivity contribution in [3.63, 3.8) is 0 Å². The van der Waals surface area contributed by atoms with Gasteiger partial charge in [0.25, 0.3) is 0 Å². The van der Waals surface area contributed by atoms with Gasteiger partial charge in [-0.1, -0.05) is 18.2 Å². The van der Waals surface area contributed by atoms with Crippen molar-refractivity contribution in [3.8, 4) is 5.69 Å². The monoisotopic (exact) mass is 188 g/mol. The topological polar surface area (TPSA) is 26.9 Å². The van der Waals surface area contributed by atoms with Crippen molar-refractivity contribution in [2.45, 2.75) is 6.92 Å². The Bertz CT molecular complexity index is 494. The van der Waals surface area contributed by atoms with E-state index < -0.39 is 0 Å². The summed E-state index contributed by atoms with van der Waals surface area (Å²) in [5, 5.41) is 0. The van der Waals surface area contributed by atoms with Crippen molar-refractivity contribution in [1.29, 1.82) is 0 Å². The van der Waals surface area contributed by atoms with Gasteiger partial charge >= 0.3 is 5.69 Å². The Morgan fingerprint density at radius 3 is 2.29 bits per heavy atom. The quantitative estimate of drug-likeness (QED) is 0.666. The normalized spacial score (nSPS) is 10.4. The Morgan fingerprint density at radius 1 is 1.14 bits per heavy atom. The van der Waals surface area contributed by atoms with Crippen molar-refractivity contribution in [2.24, 2.45) is 7.05 Å². The van der Waals surface area contributed by atoms with E-state index in [1.165, 1.54) is 0 Å². The number of imidazole rings is 1. The van der Waals surface area contributed by atoms with Crippen molar-refractivity contribution in [3.05, 3.63) is 52.7 Å². The number of aromatic nitrogens is 2. The first-order valence-electron chi connectivity index (χ1n) is 4.50. The van der Waals surface area contributed by atoms with Crippen molar-refractivity contribution in [2.75, 3.05) is 0 Å². The van der Waals surface area contributed by atoms with Gasteiger partial charge in [0, 0.05) is 18.9 Å². The van der Waals surface area contributed by atoms with E-state index in [-0.39, 0.29) is 5.69 Å². The van der Waals surface area contributed by atoms with E-state index in [0.29, 0.717) is 0 Å². The van der Waals surface area contributed by atoms with Crippen LogP contribution in [-0.2, 0) is 7.05 Å². The van der Waals surface area contributed by atoms with E-state index in [2.05, 4.69) is 0 Å². The average molecular weight is 188 g/mol. The first kappa shape index (κ1) is 8.81. The molecule has 1 heterocycles. The SMILES string of the molecule is Cc1cn(C)c(=O)n1-c1ccccc1. The fraction of sp³-hybridized carbons (Fsp3) is 0.182. The maximum atomic E-state index is 11.7. The Labute approximate surface area is 82.2 Å². The van der Waals surface area contributed by atoms with Gasteiger partial charge in [-0.25, -0.2) is 4.79 Å². The zero-order chi connectivity index (χ0) is 10.1. The van der Waals surface area contributed by atoms with Crippen LogP contribution in [0.3, 0.4) is 0 Å². The van der Waals surface area contributed by atoms with Gasteiger partial charge in [0.2, 0.25) is 0 Å². The van der Waals surface area contributed by atoms with E-state index in [1.807, 2.05) is 43.5 Å². The molecule has 0 saturated heterocycles. The minimum atomic E-state index is -0.00583. The highest BCUT2D eigenvalue weighted by molar-refractivity contribution is 5.33. The Morgan fingerprint density at radius 2 is 1.79 bits per heavy atom. The molecule has 0 bridgehead atoms. The maximum absolute atomic E-state index is 11.7. The number of hydrogen-bond donors (Lipinski definition) is 0. The van der Waals surface area contributed by atoms with E-state index in [9.17, 15) is 4.79 Å². The number of para-hydroxylation sites is 1. The standard InChI is InChI=1S/C11H12N2O/c1-9-8-12(2)11(14)13(9)10-6-4-3-5-7-10/h3-8H,1-2H3. The van der Waals surface area contributed by atoms with Gasteiger partial charge in [-0.05, 0) is 19.1 Å². The molecule has 1 aromatic carbocycles. The van der Waals surface area contributed by atoms with Gasteiger partial charge in [0.1, 0.15) is 0 Å². The molecule has 0 aliphatic carbocycles. The zero-order valence-corrected chi connectivity index (χ0v) is 8.27. The lowest BCUT2D eigenvalue weighted by Crippen LogP contribution is -2.21. The fourth-order valence-corrected chi connectivity index (χ4v) is 1.59. The van der Waals surface area contributed by atoms with Gasteiger partial charge in [-0.3, -0.25) is 4.57 Å². The maximum Gasteiger partial charge on any atom is 0.332 e. The molecule has 0 saturated carbocycles. The van der Waals surface area contributed by atoms with Crippen LogP contribution in [0.2, 0.25) is 0 Å². The summed E-state index contributed by atoms with van der Waals surface area (Å²) in [6.07, 6.45) is 1.83. The summed E-state index contributed by atoms with van der Waals surface area (Å²) in [5.74, 6) is 0. The van der Waals surface area contributed by atoms with Crippen LogP contribution in [0.15, 0.2) is 41.3 Å². The van der Waals surface area contributed by atoms with E-state index >= 15 is 0 Å². The van der Waals surface area contributed by atoms with E-state index in [1.54, 1.807) is 16.2 Å². The minimum Gasteiger partial charge on any atom is -0.302 e. The van der Waals surface area contributed by atoms with Crippen LogP contribution in [0.5, 0.6) is 0 Å². The molecule has 0 radical (unpaired) electrons. The van der Waals surface area contributed by atoms with Crippen molar-refractivity contribution in [1.82, 2.24) is 9.13 Å². The predicted octanol–water partition coefficient (Wildman–Crippen LogP) is 1.48. The molecule has 0 aliphatic heterocycles. The molecule has 3 heteroatoms. The first-order chi connectivity index (χ1) is 6.70. The van der Waals surface area contributed by atoms with Crippen LogP contribution in [0.1, 0.15) is 5.69 Å². The molecule has 0 spiro atoms. The number of hydrogen-bond acceptors (Lipinski definition) is 1. The molecule has 0 N–H and O–H groups in total. The average Bonchev–Trinajstić information content (AvgIpc) is 2.43. The molecule has 3 nitrogen and oxygen atoms in total. The number of rotatable bonds is 1. The summed E-state index contributed by atoms with van der Waals surface area (Å²) in [4.78, 5) is 11.7. The van der Waals surface area contributed by atoms with Gasteiger partial charge in [-0.15, -0.1) is 0 Å². The largest absolute Gasteiger partial charge is 0.332 e. The first-order valence-corrected chi connectivity index (χ1v) is 4.50. The lowest BCUT2D eigenvalue weighted by Gasteiger charge is -2.02. The summed E-state index contributed by atoms with van der Waals surface area (Å²) < 4.78 is 3.28. The third-order valence-corrected chi connectivity index (χ3v) is 2.24. The molecular formula is C11H12N2O. The molecule has 14 heavy (non-hydrogen) atoms. The number of nitrogens with zero attached hydrogens (tertiary/aromatic N) is 2. The summed E-state index contributed by atoms with van der Waals surface area (Å²) >= 11 is 0. The van der Waals surface area contributed by atoms with Crippen LogP contribution in [-0.4, -0.2) is 9.13 Å². The molecular weight excluding hydrogens is 176 g/mol. The minimum absolute atomic E-state index is 0.00583. The Balaban J connectivity index is 2.69. The van der Waals surface area contributed by atoms with Crippen LogP contribution >= 0.6 is 0 Å². The molecule has 0 unspecified atom stereocenters. The lowest BCUT2D eigenvalue weighted by molar-refractivity contribution is 0.821. The van der Waals surface area contributed by atoms with Gasteiger partial charge < -0.3 is 4.57 Å². The summed E-state index contributed by atoms with van der Waals surface area (Å²) in [6, 6.07) is 9.64. The molecule has 0 atom stereocenters. The van der Waals surface area contributed by atoms with Crippen LogP contribution in [0.4, 0.5) is 0 Å². The van der Waals surface area contributed by atoms with Crippen molar-refractivity contribution >= 4 is 0 Å². The molecule has 1 aromatic heterocycles. The second kappa shape index (κ2) is 3.18. The third kappa shape index (κ3) is 1.27. The zero-order valence-electron chi connectivity index (χ0n) is 8.27. The number of benzene rings is 1. The summed E-state index contributed by atoms with van der Waals surface area (Å²) in [7, 11) is 1.76. The molecule has 72 valence electrons. The van der Waals surface area contributed by atoms with Gasteiger partial charge in [-0.2, -0.15) is 0 Å². The predicted molar refractivity (Wildman–Crippen MR) is 55.7 cm³/mol. The van der Waals surface area contributed by atoms with E-state index in [0.717, 1.165) is 11.4 Å². The van der Waals surface area contributed by atoms with Crippen LogP contribution < -0.4 is 5.69 Å².